The van der Waals surface area contributed by atoms with Gasteiger partial charge in [-0.1, -0.05) is 30.3 Å². The van der Waals surface area contributed by atoms with Crippen molar-refractivity contribution in [2.75, 3.05) is 31.3 Å². The van der Waals surface area contributed by atoms with Crippen LogP contribution >= 0.6 is 0 Å². The van der Waals surface area contributed by atoms with Gasteiger partial charge in [0.2, 0.25) is 5.95 Å². The number of amides is 2. The summed E-state index contributed by atoms with van der Waals surface area (Å²) in [4.78, 5) is 24.7. The van der Waals surface area contributed by atoms with Gasteiger partial charge in [-0.2, -0.15) is 0 Å². The molecule has 2 aliphatic rings. The summed E-state index contributed by atoms with van der Waals surface area (Å²) in [6.07, 6.45) is 7.07. The van der Waals surface area contributed by atoms with Crippen LogP contribution in [0.25, 0.3) is 0 Å². The Morgan fingerprint density at radius 1 is 1.07 bits per heavy atom. The molecule has 0 radical (unpaired) electrons. The van der Waals surface area contributed by atoms with Crippen LogP contribution in [0.15, 0.2) is 42.7 Å². The number of urea groups is 1. The SMILES string of the molecule is CN(C)[C@]1(c2ccccc2)CC[C@]2(CC1)CN(c1cnc(N)nc1)C(=O)N2. The largest absolute Gasteiger partial charge is 0.368 e. The molecule has 4 rings (SSSR count). The normalized spacial score (nSPS) is 28.0. The summed E-state index contributed by atoms with van der Waals surface area (Å²) < 4.78 is 0. The minimum Gasteiger partial charge on any atom is -0.368 e. The summed E-state index contributed by atoms with van der Waals surface area (Å²) in [5, 5.41) is 3.24. The number of nitrogens with zero attached hydrogens (tertiary/aromatic N) is 4. The smallest absolute Gasteiger partial charge is 0.322 e. The summed E-state index contributed by atoms with van der Waals surface area (Å²) in [5.41, 5.74) is 7.40. The molecular formula is C20H26N6O. The van der Waals surface area contributed by atoms with Gasteiger partial charge < -0.3 is 11.1 Å². The number of aromatic nitrogens is 2. The number of nitrogen functional groups attached to an aromatic ring is 1. The number of hydrogen-bond acceptors (Lipinski definition) is 5. The first kappa shape index (κ1) is 17.7. The van der Waals surface area contributed by atoms with Crippen molar-refractivity contribution in [2.45, 2.75) is 36.8 Å². The second-order valence-electron chi connectivity index (χ2n) is 7.89. The van der Waals surface area contributed by atoms with Crippen LogP contribution in [-0.2, 0) is 5.54 Å². The fourth-order valence-corrected chi connectivity index (χ4v) is 4.56. The van der Waals surface area contributed by atoms with Gasteiger partial charge in [-0.15, -0.1) is 0 Å². The number of nitrogens with two attached hydrogens (primary N) is 1. The van der Waals surface area contributed by atoms with E-state index in [-0.39, 0.29) is 23.1 Å². The van der Waals surface area contributed by atoms with E-state index in [2.05, 4.69) is 64.6 Å². The number of benzene rings is 1. The monoisotopic (exact) mass is 366 g/mol. The third-order valence-electron chi connectivity index (χ3n) is 6.25. The molecule has 27 heavy (non-hydrogen) atoms. The summed E-state index contributed by atoms with van der Waals surface area (Å²) >= 11 is 0. The lowest BCUT2D eigenvalue weighted by Crippen LogP contribution is -2.54. The number of nitrogens with one attached hydrogen (secondary N) is 1. The second kappa shape index (κ2) is 6.49. The maximum atomic E-state index is 12.6. The first-order valence-corrected chi connectivity index (χ1v) is 9.34. The van der Waals surface area contributed by atoms with E-state index in [1.54, 1.807) is 17.3 Å². The number of anilines is 2. The summed E-state index contributed by atoms with van der Waals surface area (Å²) in [7, 11) is 4.30. The van der Waals surface area contributed by atoms with E-state index in [0.717, 1.165) is 25.7 Å². The average molecular weight is 366 g/mol. The quantitative estimate of drug-likeness (QED) is 0.871. The third kappa shape index (κ3) is 3.02. The van der Waals surface area contributed by atoms with E-state index in [4.69, 9.17) is 5.73 Å². The number of rotatable bonds is 3. The fraction of sp³-hybridized carbons (Fsp3) is 0.450. The number of hydrogen-bond donors (Lipinski definition) is 2. The zero-order valence-electron chi connectivity index (χ0n) is 15.9. The zero-order valence-corrected chi connectivity index (χ0v) is 15.9. The third-order valence-corrected chi connectivity index (χ3v) is 6.25. The van der Waals surface area contributed by atoms with Crippen molar-refractivity contribution in [2.24, 2.45) is 0 Å². The molecular weight excluding hydrogens is 340 g/mol. The van der Waals surface area contributed by atoms with Crippen molar-refractivity contribution in [3.8, 4) is 0 Å². The van der Waals surface area contributed by atoms with E-state index >= 15 is 0 Å². The molecule has 142 valence electrons. The summed E-state index contributed by atoms with van der Waals surface area (Å²) in [6.45, 7) is 0.636. The van der Waals surface area contributed by atoms with Gasteiger partial charge in [0, 0.05) is 5.54 Å². The van der Waals surface area contributed by atoms with Gasteiger partial charge in [0.05, 0.1) is 30.2 Å². The van der Waals surface area contributed by atoms with Crippen molar-refractivity contribution in [3.05, 3.63) is 48.3 Å². The van der Waals surface area contributed by atoms with E-state index < -0.39 is 0 Å². The van der Waals surface area contributed by atoms with Gasteiger partial charge in [0.15, 0.2) is 0 Å². The number of carbonyl (C=O) groups excluding carboxylic acids is 1. The van der Waals surface area contributed by atoms with Crippen LogP contribution in [0.4, 0.5) is 16.4 Å². The summed E-state index contributed by atoms with van der Waals surface area (Å²) in [6, 6.07) is 10.6. The predicted molar refractivity (Wildman–Crippen MR) is 105 cm³/mol. The molecule has 3 N–H and O–H groups in total. The Kier molecular flexibility index (Phi) is 4.26. The molecule has 1 aliphatic carbocycles. The highest BCUT2D eigenvalue weighted by Gasteiger charge is 2.50. The molecule has 0 unspecified atom stereocenters. The molecule has 1 aromatic carbocycles. The topological polar surface area (TPSA) is 87.4 Å². The molecule has 0 atom stereocenters. The van der Waals surface area contributed by atoms with Crippen LogP contribution in [0.2, 0.25) is 0 Å². The van der Waals surface area contributed by atoms with Gasteiger partial charge in [-0.05, 0) is 45.3 Å². The first-order chi connectivity index (χ1) is 12.9. The fourth-order valence-electron chi connectivity index (χ4n) is 4.56. The van der Waals surface area contributed by atoms with E-state index in [1.165, 1.54) is 5.56 Å². The van der Waals surface area contributed by atoms with Gasteiger partial charge in [-0.25, -0.2) is 14.8 Å². The molecule has 1 saturated carbocycles. The summed E-state index contributed by atoms with van der Waals surface area (Å²) in [5.74, 6) is 0.212. The molecule has 2 aromatic rings. The molecule has 1 aliphatic heterocycles. The Morgan fingerprint density at radius 3 is 2.30 bits per heavy atom. The molecule has 2 amide bonds. The minimum atomic E-state index is -0.202. The average Bonchev–Trinajstić information content (AvgIpc) is 3.00. The Bertz CT molecular complexity index is 812. The highest BCUT2D eigenvalue weighted by molar-refractivity contribution is 5.95. The lowest BCUT2D eigenvalue weighted by Gasteiger charge is -2.48. The molecule has 2 fully saturated rings. The molecule has 7 nitrogen and oxygen atoms in total. The Balaban J connectivity index is 1.54. The maximum absolute atomic E-state index is 12.6. The Morgan fingerprint density at radius 2 is 1.70 bits per heavy atom. The molecule has 2 heterocycles. The highest BCUT2D eigenvalue weighted by atomic mass is 16.2. The van der Waals surface area contributed by atoms with E-state index in [0.29, 0.717) is 12.2 Å². The Labute approximate surface area is 159 Å². The molecule has 0 bridgehead atoms. The van der Waals surface area contributed by atoms with Crippen LogP contribution in [0.3, 0.4) is 0 Å². The zero-order chi connectivity index (χ0) is 19.1. The molecule has 1 aromatic heterocycles. The highest BCUT2D eigenvalue weighted by Crippen LogP contribution is 2.46. The first-order valence-electron chi connectivity index (χ1n) is 9.34. The Hall–Kier alpha value is -2.67. The van der Waals surface area contributed by atoms with Gasteiger partial charge in [-0.3, -0.25) is 9.80 Å². The van der Waals surface area contributed by atoms with Gasteiger partial charge in [0.25, 0.3) is 0 Å². The standard InChI is InChI=1S/C20H26N6O/c1-25(2)20(15-6-4-3-5-7-15)10-8-19(9-11-20)14-26(18(27)24-19)16-12-22-17(21)23-13-16/h3-7,12-13H,8-11,14H2,1-2H3,(H,24,27)(H2,21,22,23)/t19-,20+. The second-order valence-corrected chi connectivity index (χ2v) is 7.89. The van der Waals surface area contributed by atoms with Crippen molar-refractivity contribution < 1.29 is 4.79 Å². The number of carbonyl (C=O) groups is 1. The van der Waals surface area contributed by atoms with Crippen LogP contribution in [0.1, 0.15) is 31.2 Å². The van der Waals surface area contributed by atoms with Crippen molar-refractivity contribution in [1.82, 2.24) is 20.2 Å². The minimum absolute atomic E-state index is 0.00890. The van der Waals surface area contributed by atoms with Crippen LogP contribution < -0.4 is 16.0 Å². The van der Waals surface area contributed by atoms with Gasteiger partial charge in [0.1, 0.15) is 0 Å². The molecule has 1 saturated heterocycles. The lowest BCUT2D eigenvalue weighted by atomic mass is 9.69. The molecule has 1 spiro atoms. The lowest BCUT2D eigenvalue weighted by molar-refractivity contribution is 0.0658. The van der Waals surface area contributed by atoms with E-state index in [1.807, 2.05) is 0 Å². The van der Waals surface area contributed by atoms with Crippen LogP contribution in [0.5, 0.6) is 0 Å². The van der Waals surface area contributed by atoms with Gasteiger partial charge >= 0.3 is 6.03 Å². The molecule has 7 heteroatoms. The van der Waals surface area contributed by atoms with Crippen molar-refractivity contribution >= 4 is 17.7 Å². The maximum Gasteiger partial charge on any atom is 0.322 e. The van der Waals surface area contributed by atoms with E-state index in [9.17, 15) is 4.79 Å². The van der Waals surface area contributed by atoms with Crippen LogP contribution in [0, 0.1) is 0 Å². The van der Waals surface area contributed by atoms with Crippen LogP contribution in [-0.4, -0.2) is 47.1 Å². The van der Waals surface area contributed by atoms with Crippen molar-refractivity contribution in [1.29, 1.82) is 0 Å². The predicted octanol–water partition coefficient (Wildman–Crippen LogP) is 2.36. The van der Waals surface area contributed by atoms with Crippen molar-refractivity contribution in [3.63, 3.8) is 0 Å².